The van der Waals surface area contributed by atoms with Crippen LogP contribution < -0.4 is 14.4 Å². The number of imide groups is 1. The molecule has 0 aromatic heterocycles. The normalized spacial score (nSPS) is 23.9. The molecule has 0 spiro atoms. The molecule has 0 radical (unpaired) electrons. The Labute approximate surface area is 207 Å². The maximum absolute atomic E-state index is 13.8. The summed E-state index contributed by atoms with van der Waals surface area (Å²) in [5.41, 5.74) is 0.623. The molecule has 1 heterocycles. The van der Waals surface area contributed by atoms with Gasteiger partial charge in [-0.25, -0.2) is 9.29 Å². The van der Waals surface area contributed by atoms with Crippen LogP contribution in [0.4, 0.5) is 10.1 Å². The topological polar surface area (TPSA) is 76.1 Å². The van der Waals surface area contributed by atoms with Gasteiger partial charge in [0.25, 0.3) is 0 Å². The number of aromatic hydroxyl groups is 1. The fourth-order valence-electron chi connectivity index (χ4n) is 4.93. The van der Waals surface area contributed by atoms with E-state index in [0.29, 0.717) is 12.0 Å². The van der Waals surface area contributed by atoms with E-state index in [2.05, 4.69) is 6.58 Å². The van der Waals surface area contributed by atoms with Gasteiger partial charge in [0, 0.05) is 5.92 Å². The van der Waals surface area contributed by atoms with Crippen molar-refractivity contribution < 1.29 is 28.6 Å². The number of allylic oxidation sites excluding steroid dienone is 4. The van der Waals surface area contributed by atoms with Crippen molar-refractivity contribution in [2.45, 2.75) is 13.3 Å². The second-order valence-corrected chi connectivity index (χ2v) is 9.07. The lowest BCUT2D eigenvalue weighted by atomic mass is 9.62. The van der Waals surface area contributed by atoms with Crippen LogP contribution in [0.15, 0.2) is 60.7 Å². The van der Waals surface area contributed by atoms with E-state index in [4.69, 9.17) is 21.1 Å². The molecule has 2 aromatic rings. The van der Waals surface area contributed by atoms with E-state index in [1.54, 1.807) is 31.2 Å². The fourth-order valence-corrected chi connectivity index (χ4v) is 5.11. The molecule has 6 nitrogen and oxygen atoms in total. The molecule has 0 saturated carbocycles. The van der Waals surface area contributed by atoms with Crippen LogP contribution >= 0.6 is 11.6 Å². The largest absolute Gasteiger partial charge is 0.502 e. The molecule has 1 aliphatic heterocycles. The molecule has 1 fully saturated rings. The predicted molar refractivity (Wildman–Crippen MR) is 132 cm³/mol. The third-order valence-electron chi connectivity index (χ3n) is 6.88. The van der Waals surface area contributed by atoms with Crippen molar-refractivity contribution in [2.24, 2.45) is 17.3 Å². The van der Waals surface area contributed by atoms with Gasteiger partial charge >= 0.3 is 0 Å². The van der Waals surface area contributed by atoms with Gasteiger partial charge in [-0.15, -0.1) is 0 Å². The third-order valence-corrected chi connectivity index (χ3v) is 7.17. The zero-order chi connectivity index (χ0) is 25.5. The quantitative estimate of drug-likeness (QED) is 0.530. The molecule has 2 amide bonds. The number of phenolic OH excluding ortho intramolecular Hbond substituents is 1. The van der Waals surface area contributed by atoms with Crippen molar-refractivity contribution in [2.75, 3.05) is 19.1 Å². The average molecular weight is 498 g/mol. The minimum absolute atomic E-state index is 0.117. The highest BCUT2D eigenvalue weighted by Crippen LogP contribution is 2.53. The number of hydrogen-bond acceptors (Lipinski definition) is 5. The third kappa shape index (κ3) is 3.90. The van der Waals surface area contributed by atoms with Gasteiger partial charge in [-0.3, -0.25) is 9.59 Å². The Hall–Kier alpha value is -3.58. The van der Waals surface area contributed by atoms with E-state index >= 15 is 0 Å². The van der Waals surface area contributed by atoms with Crippen molar-refractivity contribution in [1.82, 2.24) is 0 Å². The first-order chi connectivity index (χ1) is 16.7. The van der Waals surface area contributed by atoms with Gasteiger partial charge in [0.15, 0.2) is 11.5 Å². The number of carbonyl (C=O) groups is 2. The van der Waals surface area contributed by atoms with Gasteiger partial charge in [0.05, 0.1) is 36.3 Å². The maximum atomic E-state index is 13.8. The van der Waals surface area contributed by atoms with E-state index in [1.807, 2.05) is 12.2 Å². The van der Waals surface area contributed by atoms with E-state index < -0.39 is 29.0 Å². The summed E-state index contributed by atoms with van der Waals surface area (Å²) in [6.07, 6.45) is 7.61. The molecule has 2 aromatic carbocycles. The highest BCUT2D eigenvalue weighted by atomic mass is 35.5. The van der Waals surface area contributed by atoms with Crippen LogP contribution in [0.3, 0.4) is 0 Å². The molecule has 4 rings (SSSR count). The lowest BCUT2D eigenvalue weighted by Gasteiger charge is -2.38. The zero-order valence-corrected chi connectivity index (χ0v) is 20.3. The highest BCUT2D eigenvalue weighted by Gasteiger charge is 2.61. The number of hydrogen-bond donors (Lipinski definition) is 1. The monoisotopic (exact) mass is 497 g/mol. The lowest BCUT2D eigenvalue weighted by molar-refractivity contribution is -0.128. The number of ether oxygens (including phenoxy) is 2. The molecular formula is C27H25ClFNO5. The van der Waals surface area contributed by atoms with E-state index in [9.17, 15) is 19.1 Å². The molecule has 1 aliphatic carbocycles. The number of amides is 2. The van der Waals surface area contributed by atoms with Crippen molar-refractivity contribution in [3.63, 3.8) is 0 Å². The molecular weight excluding hydrogens is 473 g/mol. The second-order valence-electron chi connectivity index (χ2n) is 8.67. The predicted octanol–water partition coefficient (Wildman–Crippen LogP) is 5.54. The summed E-state index contributed by atoms with van der Waals surface area (Å²) in [5.74, 6) is -2.10. The summed E-state index contributed by atoms with van der Waals surface area (Å²) >= 11 is 5.93. The molecule has 8 heteroatoms. The van der Waals surface area contributed by atoms with Gasteiger partial charge in [-0.2, -0.15) is 0 Å². The van der Waals surface area contributed by atoms with Gasteiger partial charge in [0.1, 0.15) is 5.82 Å². The smallest absolute Gasteiger partial charge is 0.241 e. The summed E-state index contributed by atoms with van der Waals surface area (Å²) in [4.78, 5) is 28.3. The van der Waals surface area contributed by atoms with Gasteiger partial charge in [-0.05, 0) is 54.8 Å². The first kappa shape index (κ1) is 24.5. The molecule has 1 saturated heterocycles. The Morgan fingerprint density at radius 1 is 1.20 bits per heavy atom. The Morgan fingerprint density at radius 2 is 1.86 bits per heavy atom. The molecule has 35 heavy (non-hydrogen) atoms. The van der Waals surface area contributed by atoms with Gasteiger partial charge in [0.2, 0.25) is 17.6 Å². The minimum Gasteiger partial charge on any atom is -0.502 e. The van der Waals surface area contributed by atoms with E-state index in [-0.39, 0.29) is 33.9 Å². The Kier molecular flexibility index (Phi) is 6.47. The van der Waals surface area contributed by atoms with Crippen molar-refractivity contribution in [1.29, 1.82) is 0 Å². The average Bonchev–Trinajstić information content (AvgIpc) is 3.05. The summed E-state index contributed by atoms with van der Waals surface area (Å²) in [6.45, 7) is 5.67. The first-order valence-electron chi connectivity index (χ1n) is 11.0. The Morgan fingerprint density at radius 3 is 2.43 bits per heavy atom. The van der Waals surface area contributed by atoms with Crippen LogP contribution in [-0.4, -0.2) is 31.1 Å². The van der Waals surface area contributed by atoms with Gasteiger partial charge < -0.3 is 14.6 Å². The number of halogens is 2. The number of phenols is 1. The SMILES string of the molecule is C=CC1=CCC2C(=O)N(c3ccc(F)c(Cl)c3)C(=O)C2(C)C1C=Cc1cc(OC)c(O)c(OC)c1. The zero-order valence-electron chi connectivity index (χ0n) is 19.5. The van der Waals surface area contributed by atoms with Gasteiger partial charge in [-0.1, -0.05) is 42.5 Å². The summed E-state index contributed by atoms with van der Waals surface area (Å²) < 4.78 is 24.2. The summed E-state index contributed by atoms with van der Waals surface area (Å²) in [7, 11) is 2.87. The van der Waals surface area contributed by atoms with Crippen LogP contribution in [0, 0.1) is 23.1 Å². The fraction of sp³-hybridized carbons (Fsp3) is 0.259. The number of fused-ring (bicyclic) bond motifs is 1. The number of carbonyl (C=O) groups excluding carboxylic acids is 2. The lowest BCUT2D eigenvalue weighted by Crippen LogP contribution is -2.42. The minimum atomic E-state index is -1.10. The molecule has 0 bridgehead atoms. The highest BCUT2D eigenvalue weighted by molar-refractivity contribution is 6.31. The Bertz CT molecular complexity index is 1260. The van der Waals surface area contributed by atoms with Crippen LogP contribution in [0.5, 0.6) is 17.2 Å². The molecule has 3 atom stereocenters. The van der Waals surface area contributed by atoms with Crippen molar-refractivity contribution in [3.8, 4) is 17.2 Å². The van der Waals surface area contributed by atoms with E-state index in [1.165, 1.54) is 26.4 Å². The standard InChI is InChI=1S/C27H25ClFNO5/c1-5-16-7-10-19-25(32)30(17-8-11-21(29)20(28)14-17)26(33)27(19,2)18(16)9-6-15-12-22(34-3)24(31)23(13-15)35-4/h5-9,11-14,18-19,31H,1,10H2,2-4H3. The summed E-state index contributed by atoms with van der Waals surface area (Å²) in [6, 6.07) is 7.08. The number of nitrogens with zero attached hydrogens (tertiary/aromatic N) is 1. The number of rotatable bonds is 6. The molecule has 2 aliphatic rings. The van der Waals surface area contributed by atoms with Crippen LogP contribution in [0.1, 0.15) is 18.9 Å². The summed E-state index contributed by atoms with van der Waals surface area (Å²) in [5, 5.41) is 10.0. The van der Waals surface area contributed by atoms with Crippen molar-refractivity contribution in [3.05, 3.63) is 77.1 Å². The van der Waals surface area contributed by atoms with Crippen molar-refractivity contribution >= 4 is 35.2 Å². The van der Waals surface area contributed by atoms with Crippen LogP contribution in [-0.2, 0) is 9.59 Å². The number of benzene rings is 2. The Balaban J connectivity index is 1.77. The molecule has 3 unspecified atom stereocenters. The number of methoxy groups -OCH3 is 2. The maximum Gasteiger partial charge on any atom is 0.241 e. The van der Waals surface area contributed by atoms with Crippen LogP contribution in [0.25, 0.3) is 6.08 Å². The molecule has 1 N–H and O–H groups in total. The molecule has 182 valence electrons. The van der Waals surface area contributed by atoms with E-state index in [0.717, 1.165) is 16.5 Å². The number of anilines is 1. The van der Waals surface area contributed by atoms with Crippen LogP contribution in [0.2, 0.25) is 5.02 Å². The first-order valence-corrected chi connectivity index (χ1v) is 11.3. The second kappa shape index (κ2) is 9.23.